The third-order valence-electron chi connectivity index (χ3n) is 2.61. The van der Waals surface area contributed by atoms with Crippen molar-refractivity contribution in [1.82, 2.24) is 15.0 Å². The van der Waals surface area contributed by atoms with Crippen LogP contribution in [0.5, 0.6) is 5.75 Å². The first-order valence-electron chi connectivity index (χ1n) is 6.68. The van der Waals surface area contributed by atoms with Crippen molar-refractivity contribution in [3.05, 3.63) is 36.2 Å². The Balaban J connectivity index is 1.86. The first-order chi connectivity index (χ1) is 9.67. The van der Waals surface area contributed by atoms with Gasteiger partial charge in [0.1, 0.15) is 11.4 Å². The number of nitrogens with one attached hydrogen (secondary N) is 1. The molecule has 0 atom stereocenters. The van der Waals surface area contributed by atoms with Crippen LogP contribution >= 0.6 is 0 Å². The molecule has 0 aliphatic carbocycles. The van der Waals surface area contributed by atoms with Crippen LogP contribution < -0.4 is 10.1 Å². The van der Waals surface area contributed by atoms with Crippen LogP contribution in [0.1, 0.15) is 19.5 Å². The van der Waals surface area contributed by atoms with Crippen LogP contribution in [0.15, 0.2) is 30.5 Å². The number of rotatable bonds is 7. The lowest BCUT2D eigenvalue weighted by Crippen LogP contribution is -2.05. The van der Waals surface area contributed by atoms with Crippen molar-refractivity contribution < 1.29 is 9.84 Å². The smallest absolute Gasteiger partial charge is 0.119 e. The molecule has 1 aromatic heterocycles. The van der Waals surface area contributed by atoms with E-state index < -0.39 is 0 Å². The number of hydrogen-bond acceptors (Lipinski definition) is 5. The van der Waals surface area contributed by atoms with E-state index in [4.69, 9.17) is 9.84 Å². The molecule has 0 amide bonds. The van der Waals surface area contributed by atoms with E-state index in [1.54, 1.807) is 4.68 Å². The predicted octanol–water partition coefficient (Wildman–Crippen LogP) is 1.67. The second-order valence-corrected chi connectivity index (χ2v) is 4.74. The highest BCUT2D eigenvalue weighted by Crippen LogP contribution is 2.17. The Kier molecular flexibility index (Phi) is 4.95. The van der Waals surface area contributed by atoms with Crippen molar-refractivity contribution in [2.45, 2.75) is 33.0 Å². The van der Waals surface area contributed by atoms with E-state index in [9.17, 15) is 0 Å². The molecular formula is C14H20N4O2. The minimum absolute atomic E-state index is 0.0630. The van der Waals surface area contributed by atoms with Crippen LogP contribution in [0, 0.1) is 0 Å². The summed E-state index contributed by atoms with van der Waals surface area (Å²) in [7, 11) is 0. The number of ether oxygens (including phenoxy) is 1. The van der Waals surface area contributed by atoms with Gasteiger partial charge in [-0.15, -0.1) is 5.10 Å². The number of aliphatic hydroxyl groups is 1. The van der Waals surface area contributed by atoms with Crippen LogP contribution in [-0.4, -0.2) is 32.8 Å². The zero-order valence-electron chi connectivity index (χ0n) is 11.8. The van der Waals surface area contributed by atoms with Crippen molar-refractivity contribution in [2.24, 2.45) is 0 Å². The molecule has 0 radical (unpaired) electrons. The summed E-state index contributed by atoms with van der Waals surface area (Å²) in [5.41, 5.74) is 1.83. The highest BCUT2D eigenvalue weighted by Gasteiger charge is 2.01. The van der Waals surface area contributed by atoms with Gasteiger partial charge in [0.15, 0.2) is 0 Å². The molecule has 6 nitrogen and oxygen atoms in total. The van der Waals surface area contributed by atoms with Gasteiger partial charge in [-0.05, 0) is 38.1 Å². The minimum atomic E-state index is 0.0630. The van der Waals surface area contributed by atoms with E-state index in [0.29, 0.717) is 13.1 Å². The second kappa shape index (κ2) is 6.91. The molecule has 2 aromatic rings. The van der Waals surface area contributed by atoms with Gasteiger partial charge in [-0.1, -0.05) is 5.21 Å². The molecule has 0 bridgehead atoms. The Labute approximate surface area is 118 Å². The zero-order chi connectivity index (χ0) is 14.4. The zero-order valence-corrected chi connectivity index (χ0v) is 11.8. The van der Waals surface area contributed by atoms with Crippen LogP contribution in [0.3, 0.4) is 0 Å². The quantitative estimate of drug-likeness (QED) is 0.805. The van der Waals surface area contributed by atoms with E-state index in [1.807, 2.05) is 44.3 Å². The highest BCUT2D eigenvalue weighted by molar-refractivity contribution is 5.46. The predicted molar refractivity (Wildman–Crippen MR) is 76.6 cm³/mol. The van der Waals surface area contributed by atoms with Gasteiger partial charge in [0.2, 0.25) is 0 Å². The molecule has 1 aromatic carbocycles. The maximum Gasteiger partial charge on any atom is 0.119 e. The van der Waals surface area contributed by atoms with E-state index in [0.717, 1.165) is 17.1 Å². The molecule has 1 heterocycles. The van der Waals surface area contributed by atoms with E-state index in [1.165, 1.54) is 0 Å². The normalized spacial score (nSPS) is 10.8. The summed E-state index contributed by atoms with van der Waals surface area (Å²) < 4.78 is 7.21. The molecule has 0 saturated carbocycles. The number of anilines is 1. The Bertz CT molecular complexity index is 522. The Morgan fingerprint density at radius 1 is 1.30 bits per heavy atom. The summed E-state index contributed by atoms with van der Waals surface area (Å²) >= 11 is 0. The lowest BCUT2D eigenvalue weighted by Gasteiger charge is -2.10. The monoisotopic (exact) mass is 276 g/mol. The maximum absolute atomic E-state index is 8.81. The van der Waals surface area contributed by atoms with Gasteiger partial charge in [-0.2, -0.15) is 0 Å². The Hall–Kier alpha value is -2.08. The Morgan fingerprint density at radius 2 is 2.05 bits per heavy atom. The third kappa shape index (κ3) is 4.24. The van der Waals surface area contributed by atoms with Gasteiger partial charge in [-0.3, -0.25) is 0 Å². The van der Waals surface area contributed by atoms with Crippen LogP contribution in [0.2, 0.25) is 0 Å². The van der Waals surface area contributed by atoms with Gasteiger partial charge >= 0.3 is 0 Å². The molecule has 0 aliphatic heterocycles. The first kappa shape index (κ1) is 14.3. The van der Waals surface area contributed by atoms with Gasteiger partial charge in [0, 0.05) is 5.69 Å². The van der Waals surface area contributed by atoms with Crippen molar-refractivity contribution in [1.29, 1.82) is 0 Å². The topological polar surface area (TPSA) is 72.2 Å². The summed E-state index contributed by atoms with van der Waals surface area (Å²) in [5.74, 6) is 0.861. The standard InChI is InChI=1S/C14H20N4O2/c1-11(2)20-14-5-3-12(4-6-14)15-9-13-10-18(7-8-19)17-16-13/h3-6,10-11,15,19H,7-9H2,1-2H3. The van der Waals surface area contributed by atoms with Crippen LogP contribution in [0.4, 0.5) is 5.69 Å². The van der Waals surface area contributed by atoms with Crippen molar-refractivity contribution in [3.63, 3.8) is 0 Å². The summed E-state index contributed by atoms with van der Waals surface area (Å²) in [6, 6.07) is 7.81. The molecule has 0 saturated heterocycles. The number of benzene rings is 1. The van der Waals surface area contributed by atoms with Gasteiger partial charge in [0.05, 0.1) is 32.0 Å². The molecule has 108 valence electrons. The summed E-state index contributed by atoms with van der Waals surface area (Å²) in [4.78, 5) is 0. The third-order valence-corrected chi connectivity index (χ3v) is 2.61. The molecule has 20 heavy (non-hydrogen) atoms. The molecule has 0 aliphatic rings. The lowest BCUT2D eigenvalue weighted by atomic mass is 10.3. The second-order valence-electron chi connectivity index (χ2n) is 4.74. The van der Waals surface area contributed by atoms with E-state index >= 15 is 0 Å². The molecule has 2 N–H and O–H groups in total. The van der Waals surface area contributed by atoms with Crippen molar-refractivity contribution in [3.8, 4) is 5.75 Å². The average molecular weight is 276 g/mol. The van der Waals surface area contributed by atoms with Crippen molar-refractivity contribution >= 4 is 5.69 Å². The van der Waals surface area contributed by atoms with Crippen LogP contribution in [0.25, 0.3) is 0 Å². The molecule has 0 fully saturated rings. The van der Waals surface area contributed by atoms with Crippen LogP contribution in [-0.2, 0) is 13.1 Å². The maximum atomic E-state index is 8.81. The molecule has 6 heteroatoms. The highest BCUT2D eigenvalue weighted by atomic mass is 16.5. The molecule has 0 unspecified atom stereocenters. The summed E-state index contributed by atoms with van der Waals surface area (Å²) in [5, 5.41) is 20.0. The largest absolute Gasteiger partial charge is 0.491 e. The van der Waals surface area contributed by atoms with E-state index in [2.05, 4.69) is 15.6 Å². The number of aromatic nitrogens is 3. The lowest BCUT2D eigenvalue weighted by molar-refractivity contribution is 0.242. The number of hydrogen-bond donors (Lipinski definition) is 2. The van der Waals surface area contributed by atoms with Gasteiger partial charge in [0.25, 0.3) is 0 Å². The summed E-state index contributed by atoms with van der Waals surface area (Å²) in [6.45, 7) is 5.13. The van der Waals surface area contributed by atoms with Gasteiger partial charge < -0.3 is 15.2 Å². The minimum Gasteiger partial charge on any atom is -0.491 e. The van der Waals surface area contributed by atoms with E-state index in [-0.39, 0.29) is 12.7 Å². The molecule has 2 rings (SSSR count). The fourth-order valence-corrected chi connectivity index (χ4v) is 1.75. The van der Waals surface area contributed by atoms with Crippen molar-refractivity contribution in [2.75, 3.05) is 11.9 Å². The molecular weight excluding hydrogens is 256 g/mol. The number of nitrogens with zero attached hydrogens (tertiary/aromatic N) is 3. The fraction of sp³-hybridized carbons (Fsp3) is 0.429. The first-order valence-corrected chi connectivity index (χ1v) is 6.68. The number of aliphatic hydroxyl groups excluding tert-OH is 1. The summed E-state index contributed by atoms with van der Waals surface area (Å²) in [6.07, 6.45) is 2.00. The average Bonchev–Trinajstić information content (AvgIpc) is 2.86. The van der Waals surface area contributed by atoms with Gasteiger partial charge in [-0.25, -0.2) is 4.68 Å². The Morgan fingerprint density at radius 3 is 2.70 bits per heavy atom. The fourth-order valence-electron chi connectivity index (χ4n) is 1.75. The molecule has 0 spiro atoms. The SMILES string of the molecule is CC(C)Oc1ccc(NCc2cn(CCO)nn2)cc1.